The smallest absolute Gasteiger partial charge is 0.255 e. The molecule has 0 aliphatic heterocycles. The molecule has 0 aliphatic rings. The molecule has 24 heavy (non-hydrogen) atoms. The Morgan fingerprint density at radius 1 is 1.25 bits per heavy atom. The summed E-state index contributed by atoms with van der Waals surface area (Å²) in [7, 11) is 1.61. The van der Waals surface area contributed by atoms with Crippen molar-refractivity contribution in [2.45, 2.75) is 6.42 Å². The molecule has 2 heterocycles. The third kappa shape index (κ3) is 3.60. The Bertz CT molecular complexity index is 815. The van der Waals surface area contributed by atoms with Gasteiger partial charge in [-0.15, -0.1) is 0 Å². The van der Waals surface area contributed by atoms with E-state index in [-0.39, 0.29) is 5.91 Å². The van der Waals surface area contributed by atoms with E-state index < -0.39 is 0 Å². The molecule has 1 amide bonds. The minimum Gasteiger partial charge on any atom is -0.497 e. The number of benzene rings is 1. The molecule has 0 bridgehead atoms. The largest absolute Gasteiger partial charge is 0.497 e. The Kier molecular flexibility index (Phi) is 4.86. The summed E-state index contributed by atoms with van der Waals surface area (Å²) in [4.78, 5) is 16.7. The second kappa shape index (κ2) is 7.41. The Balaban J connectivity index is 1.69. The van der Waals surface area contributed by atoms with E-state index >= 15 is 0 Å². The Morgan fingerprint density at radius 2 is 2.17 bits per heavy atom. The van der Waals surface area contributed by atoms with Gasteiger partial charge in [0.2, 0.25) is 0 Å². The lowest BCUT2D eigenvalue weighted by molar-refractivity contribution is 0.0955. The van der Waals surface area contributed by atoms with Crippen molar-refractivity contribution in [1.29, 1.82) is 0 Å². The van der Waals surface area contributed by atoms with Gasteiger partial charge in [-0.25, -0.2) is 0 Å². The fourth-order valence-electron chi connectivity index (χ4n) is 2.40. The summed E-state index contributed by atoms with van der Waals surface area (Å²) in [5.41, 5.74) is 2.97. The molecule has 1 aromatic carbocycles. The molecule has 0 unspecified atom stereocenters. The van der Waals surface area contributed by atoms with Crippen molar-refractivity contribution in [3.05, 3.63) is 66.1 Å². The number of nitrogens with zero attached hydrogens (tertiary/aromatic N) is 2. The van der Waals surface area contributed by atoms with Gasteiger partial charge in [0.05, 0.1) is 24.6 Å². The summed E-state index contributed by atoms with van der Waals surface area (Å²) in [6.07, 6.45) is 3.96. The lowest BCUT2D eigenvalue weighted by Crippen LogP contribution is -2.26. The lowest BCUT2D eigenvalue weighted by atomic mass is 10.1. The minimum atomic E-state index is -0.169. The van der Waals surface area contributed by atoms with Gasteiger partial charge < -0.3 is 10.1 Å². The quantitative estimate of drug-likeness (QED) is 0.730. The summed E-state index contributed by atoms with van der Waals surface area (Å²) < 4.78 is 5.23. The molecule has 0 radical (unpaired) electrons. The van der Waals surface area contributed by atoms with Crippen molar-refractivity contribution < 1.29 is 9.53 Å². The predicted molar refractivity (Wildman–Crippen MR) is 90.8 cm³/mol. The van der Waals surface area contributed by atoms with Gasteiger partial charge in [-0.3, -0.25) is 14.9 Å². The first-order valence-electron chi connectivity index (χ1n) is 7.64. The molecule has 0 aliphatic carbocycles. The maximum Gasteiger partial charge on any atom is 0.255 e. The van der Waals surface area contributed by atoms with Gasteiger partial charge in [-0.2, -0.15) is 5.10 Å². The average Bonchev–Trinajstić information content (AvgIpc) is 3.12. The summed E-state index contributed by atoms with van der Waals surface area (Å²) in [6.45, 7) is 0.512. The van der Waals surface area contributed by atoms with Crippen LogP contribution in [0.3, 0.4) is 0 Å². The first-order valence-corrected chi connectivity index (χ1v) is 7.64. The molecule has 6 nitrogen and oxygen atoms in total. The standard InChI is InChI=1S/C18H18N4O2/c1-24-15-7-4-5-13(11-15)17-16(12-21-22-17)18(23)20-10-8-14-6-2-3-9-19-14/h2-7,9,11-12H,8,10H2,1H3,(H,20,23)(H,21,22). The van der Waals surface area contributed by atoms with Crippen LogP contribution >= 0.6 is 0 Å². The zero-order valence-electron chi connectivity index (χ0n) is 13.3. The zero-order chi connectivity index (χ0) is 16.8. The number of ether oxygens (including phenoxy) is 1. The molecule has 0 atom stereocenters. The van der Waals surface area contributed by atoms with Crippen molar-refractivity contribution >= 4 is 5.91 Å². The fourth-order valence-corrected chi connectivity index (χ4v) is 2.40. The number of hydrogen-bond acceptors (Lipinski definition) is 4. The molecule has 3 rings (SSSR count). The van der Waals surface area contributed by atoms with Gasteiger partial charge in [0.25, 0.3) is 5.91 Å². The number of carbonyl (C=O) groups is 1. The molecule has 3 aromatic rings. The van der Waals surface area contributed by atoms with Gasteiger partial charge in [0, 0.05) is 30.4 Å². The predicted octanol–water partition coefficient (Wildman–Crippen LogP) is 2.45. The second-order valence-electron chi connectivity index (χ2n) is 5.22. The first kappa shape index (κ1) is 15.7. The van der Waals surface area contributed by atoms with Crippen molar-refractivity contribution in [2.75, 3.05) is 13.7 Å². The van der Waals surface area contributed by atoms with E-state index in [0.717, 1.165) is 17.0 Å². The van der Waals surface area contributed by atoms with Crippen LogP contribution < -0.4 is 10.1 Å². The summed E-state index contributed by atoms with van der Waals surface area (Å²) in [5, 5.41) is 9.79. The molecular weight excluding hydrogens is 304 g/mol. The monoisotopic (exact) mass is 322 g/mol. The number of aromatic amines is 1. The number of methoxy groups -OCH3 is 1. The van der Waals surface area contributed by atoms with Crippen molar-refractivity contribution in [3.8, 4) is 17.0 Å². The zero-order valence-corrected chi connectivity index (χ0v) is 13.3. The second-order valence-corrected chi connectivity index (χ2v) is 5.22. The highest BCUT2D eigenvalue weighted by Crippen LogP contribution is 2.24. The van der Waals surface area contributed by atoms with E-state index in [1.807, 2.05) is 42.5 Å². The Hall–Kier alpha value is -3.15. The highest BCUT2D eigenvalue weighted by molar-refractivity contribution is 5.99. The Morgan fingerprint density at radius 3 is 2.96 bits per heavy atom. The third-order valence-electron chi connectivity index (χ3n) is 3.64. The van der Waals surface area contributed by atoms with Crippen LogP contribution in [0.4, 0.5) is 0 Å². The van der Waals surface area contributed by atoms with Crippen LogP contribution in [0, 0.1) is 0 Å². The molecule has 0 saturated heterocycles. The minimum absolute atomic E-state index is 0.169. The molecule has 122 valence electrons. The summed E-state index contributed by atoms with van der Waals surface area (Å²) >= 11 is 0. The van der Waals surface area contributed by atoms with Crippen molar-refractivity contribution in [1.82, 2.24) is 20.5 Å². The molecule has 2 N–H and O–H groups in total. The van der Waals surface area contributed by atoms with E-state index in [0.29, 0.717) is 24.2 Å². The molecule has 2 aromatic heterocycles. The number of pyridine rings is 1. The number of amides is 1. The van der Waals surface area contributed by atoms with Crippen LogP contribution in [-0.4, -0.2) is 34.7 Å². The number of aromatic nitrogens is 3. The van der Waals surface area contributed by atoms with Crippen molar-refractivity contribution in [2.24, 2.45) is 0 Å². The maximum absolute atomic E-state index is 12.4. The number of hydrogen-bond donors (Lipinski definition) is 2. The topological polar surface area (TPSA) is 79.9 Å². The van der Waals surface area contributed by atoms with Gasteiger partial charge in [0.15, 0.2) is 0 Å². The Labute approximate surface area is 139 Å². The number of rotatable bonds is 6. The van der Waals surface area contributed by atoms with Gasteiger partial charge in [-0.05, 0) is 24.3 Å². The number of carbonyl (C=O) groups excluding carboxylic acids is 1. The normalized spacial score (nSPS) is 10.4. The van der Waals surface area contributed by atoms with Gasteiger partial charge in [0.1, 0.15) is 5.75 Å². The maximum atomic E-state index is 12.4. The third-order valence-corrected chi connectivity index (χ3v) is 3.64. The SMILES string of the molecule is COc1cccc(-c2[nH]ncc2C(=O)NCCc2ccccn2)c1. The molecule has 0 fully saturated rings. The van der Waals surface area contributed by atoms with Gasteiger partial charge >= 0.3 is 0 Å². The van der Waals surface area contributed by atoms with E-state index in [2.05, 4.69) is 20.5 Å². The fraction of sp³-hybridized carbons (Fsp3) is 0.167. The molecule has 6 heteroatoms. The number of nitrogens with one attached hydrogen (secondary N) is 2. The van der Waals surface area contributed by atoms with E-state index in [1.165, 1.54) is 6.20 Å². The van der Waals surface area contributed by atoms with Gasteiger partial charge in [-0.1, -0.05) is 18.2 Å². The van der Waals surface area contributed by atoms with Crippen molar-refractivity contribution in [3.63, 3.8) is 0 Å². The molecular formula is C18H18N4O2. The van der Waals surface area contributed by atoms with Crippen LogP contribution in [0.1, 0.15) is 16.1 Å². The molecule has 0 saturated carbocycles. The highest BCUT2D eigenvalue weighted by atomic mass is 16.5. The highest BCUT2D eigenvalue weighted by Gasteiger charge is 2.15. The average molecular weight is 322 g/mol. The summed E-state index contributed by atoms with van der Waals surface area (Å²) in [6, 6.07) is 13.2. The molecule has 0 spiro atoms. The van der Waals surface area contributed by atoms with E-state index in [9.17, 15) is 4.79 Å². The van der Waals surface area contributed by atoms with Crippen LogP contribution in [0.2, 0.25) is 0 Å². The number of H-pyrrole nitrogens is 1. The van der Waals surface area contributed by atoms with Crippen LogP contribution in [0.25, 0.3) is 11.3 Å². The van der Waals surface area contributed by atoms with E-state index in [1.54, 1.807) is 13.3 Å². The van der Waals surface area contributed by atoms with Crippen LogP contribution in [-0.2, 0) is 6.42 Å². The lowest BCUT2D eigenvalue weighted by Gasteiger charge is -2.07. The van der Waals surface area contributed by atoms with Crippen LogP contribution in [0.5, 0.6) is 5.75 Å². The van der Waals surface area contributed by atoms with E-state index in [4.69, 9.17) is 4.74 Å². The summed E-state index contributed by atoms with van der Waals surface area (Å²) in [5.74, 6) is 0.557. The van der Waals surface area contributed by atoms with Crippen LogP contribution in [0.15, 0.2) is 54.9 Å². The first-order chi connectivity index (χ1) is 11.8.